The second-order valence-electron chi connectivity index (χ2n) is 5.65. The molecule has 1 aliphatic carbocycles. The molecule has 2 aliphatic rings. The van der Waals surface area contributed by atoms with Crippen LogP contribution in [0.15, 0.2) is 0 Å². The Morgan fingerprint density at radius 3 is 2.76 bits per heavy atom. The number of likely N-dealkylation sites (N-methyl/N-ethyl adjacent to an activating group) is 1. The molecule has 1 aliphatic heterocycles. The molecule has 2 rings (SSSR count). The van der Waals surface area contributed by atoms with Gasteiger partial charge in [-0.25, -0.2) is 0 Å². The summed E-state index contributed by atoms with van der Waals surface area (Å²) in [5, 5.41) is 3.30. The number of morpholine rings is 1. The first-order chi connectivity index (χ1) is 8.12. The average molecular weight is 240 g/mol. The summed E-state index contributed by atoms with van der Waals surface area (Å²) in [5.74, 6) is 0.296. The zero-order valence-corrected chi connectivity index (χ0v) is 11.0. The molecule has 1 unspecified atom stereocenters. The topological polar surface area (TPSA) is 41.6 Å². The van der Waals surface area contributed by atoms with Crippen LogP contribution in [0, 0.1) is 5.41 Å². The van der Waals surface area contributed by atoms with Crippen molar-refractivity contribution in [2.24, 2.45) is 5.41 Å². The lowest BCUT2D eigenvalue weighted by molar-refractivity contribution is -0.141. The van der Waals surface area contributed by atoms with Crippen LogP contribution in [-0.2, 0) is 9.53 Å². The molecular formula is C13H24N2O2. The molecule has 1 atom stereocenters. The smallest absolute Gasteiger partial charge is 0.228 e. The van der Waals surface area contributed by atoms with Crippen LogP contribution in [0.4, 0.5) is 0 Å². The highest BCUT2D eigenvalue weighted by Crippen LogP contribution is 2.38. The molecule has 0 aromatic heterocycles. The molecule has 0 aromatic rings. The van der Waals surface area contributed by atoms with E-state index in [2.05, 4.69) is 12.2 Å². The maximum absolute atomic E-state index is 12.4. The number of ether oxygens (including phenoxy) is 1. The Labute approximate surface area is 104 Å². The number of carbonyl (C=O) groups excluding carboxylic acids is 1. The minimum atomic E-state index is -0.114. The van der Waals surface area contributed by atoms with Gasteiger partial charge in [-0.3, -0.25) is 4.79 Å². The minimum Gasteiger partial charge on any atom is -0.374 e. The predicted molar refractivity (Wildman–Crippen MR) is 66.8 cm³/mol. The molecule has 17 heavy (non-hydrogen) atoms. The Hall–Kier alpha value is -0.610. The summed E-state index contributed by atoms with van der Waals surface area (Å²) >= 11 is 0. The normalized spacial score (nSPS) is 28.0. The molecule has 0 spiro atoms. The van der Waals surface area contributed by atoms with Crippen LogP contribution in [0.3, 0.4) is 0 Å². The number of amides is 1. The van der Waals surface area contributed by atoms with E-state index < -0.39 is 0 Å². The van der Waals surface area contributed by atoms with Crippen molar-refractivity contribution in [3.05, 3.63) is 0 Å². The molecule has 4 heteroatoms. The fraction of sp³-hybridized carbons (Fsp3) is 0.923. The predicted octanol–water partition coefficient (Wildman–Crippen LogP) is 1.01. The van der Waals surface area contributed by atoms with Crippen LogP contribution < -0.4 is 5.32 Å². The molecular weight excluding hydrogens is 216 g/mol. The van der Waals surface area contributed by atoms with Crippen LogP contribution in [0.1, 0.15) is 32.6 Å². The Bertz CT molecular complexity index is 269. The van der Waals surface area contributed by atoms with Gasteiger partial charge in [0.2, 0.25) is 5.91 Å². The second kappa shape index (κ2) is 5.36. The van der Waals surface area contributed by atoms with Gasteiger partial charge in [0.05, 0.1) is 12.7 Å². The van der Waals surface area contributed by atoms with Crippen LogP contribution >= 0.6 is 0 Å². The van der Waals surface area contributed by atoms with E-state index in [1.54, 1.807) is 0 Å². The van der Waals surface area contributed by atoms with Crippen molar-refractivity contribution in [3.63, 3.8) is 0 Å². The monoisotopic (exact) mass is 240 g/mol. The zero-order chi connectivity index (χ0) is 12.3. The maximum atomic E-state index is 12.4. The van der Waals surface area contributed by atoms with Gasteiger partial charge < -0.3 is 15.0 Å². The summed E-state index contributed by atoms with van der Waals surface area (Å²) in [5.41, 5.74) is -0.114. The Morgan fingerprint density at radius 1 is 1.47 bits per heavy atom. The lowest BCUT2D eigenvalue weighted by Crippen LogP contribution is -2.48. The summed E-state index contributed by atoms with van der Waals surface area (Å²) in [7, 11) is 1.91. The number of hydrogen-bond acceptors (Lipinski definition) is 3. The van der Waals surface area contributed by atoms with E-state index in [0.29, 0.717) is 12.5 Å². The third-order valence-electron chi connectivity index (χ3n) is 4.05. The lowest BCUT2D eigenvalue weighted by atomic mass is 9.87. The molecule has 1 saturated carbocycles. The first-order valence-corrected chi connectivity index (χ1v) is 6.70. The molecule has 2 fully saturated rings. The summed E-state index contributed by atoms with van der Waals surface area (Å²) in [6.07, 6.45) is 4.62. The van der Waals surface area contributed by atoms with E-state index in [-0.39, 0.29) is 11.5 Å². The Kier molecular flexibility index (Phi) is 4.05. The standard InChI is InChI=1S/C13H24N2O2/c1-13(5-3-4-6-13)12(16)15(2)10-11-9-14-7-8-17-11/h11,14H,3-10H2,1-2H3. The van der Waals surface area contributed by atoms with E-state index in [4.69, 9.17) is 4.74 Å². The Morgan fingerprint density at radius 2 is 2.18 bits per heavy atom. The Balaban J connectivity index is 1.85. The third-order valence-corrected chi connectivity index (χ3v) is 4.05. The summed E-state index contributed by atoms with van der Waals surface area (Å²) in [6, 6.07) is 0. The average Bonchev–Trinajstić information content (AvgIpc) is 2.78. The quantitative estimate of drug-likeness (QED) is 0.800. The fourth-order valence-corrected chi connectivity index (χ4v) is 2.96. The third kappa shape index (κ3) is 2.99. The van der Waals surface area contributed by atoms with Crippen molar-refractivity contribution < 1.29 is 9.53 Å². The van der Waals surface area contributed by atoms with Gasteiger partial charge in [0.25, 0.3) is 0 Å². The van der Waals surface area contributed by atoms with Crippen LogP contribution in [-0.4, -0.2) is 50.2 Å². The van der Waals surface area contributed by atoms with Crippen molar-refractivity contribution in [1.29, 1.82) is 0 Å². The van der Waals surface area contributed by atoms with Gasteiger partial charge in [-0.05, 0) is 12.8 Å². The molecule has 0 radical (unpaired) electrons. The van der Waals surface area contributed by atoms with E-state index in [1.165, 1.54) is 12.8 Å². The largest absolute Gasteiger partial charge is 0.374 e. The molecule has 1 N–H and O–H groups in total. The van der Waals surface area contributed by atoms with Gasteiger partial charge >= 0.3 is 0 Å². The van der Waals surface area contributed by atoms with Crippen LogP contribution in [0.5, 0.6) is 0 Å². The van der Waals surface area contributed by atoms with Crippen molar-refractivity contribution in [2.75, 3.05) is 33.3 Å². The van der Waals surface area contributed by atoms with Gasteiger partial charge in [0.1, 0.15) is 0 Å². The highest BCUT2D eigenvalue weighted by Gasteiger charge is 2.38. The number of hydrogen-bond donors (Lipinski definition) is 1. The van der Waals surface area contributed by atoms with Crippen molar-refractivity contribution in [2.45, 2.75) is 38.7 Å². The first-order valence-electron chi connectivity index (χ1n) is 6.70. The van der Waals surface area contributed by atoms with Gasteiger partial charge in [-0.15, -0.1) is 0 Å². The molecule has 0 bridgehead atoms. The second-order valence-corrected chi connectivity index (χ2v) is 5.65. The number of nitrogens with zero attached hydrogens (tertiary/aromatic N) is 1. The molecule has 1 heterocycles. The van der Waals surface area contributed by atoms with E-state index in [0.717, 1.165) is 32.5 Å². The molecule has 1 saturated heterocycles. The van der Waals surface area contributed by atoms with E-state index in [9.17, 15) is 4.79 Å². The number of carbonyl (C=O) groups is 1. The van der Waals surface area contributed by atoms with Crippen molar-refractivity contribution in [1.82, 2.24) is 10.2 Å². The molecule has 1 amide bonds. The highest BCUT2D eigenvalue weighted by molar-refractivity contribution is 5.82. The van der Waals surface area contributed by atoms with E-state index in [1.807, 2.05) is 11.9 Å². The van der Waals surface area contributed by atoms with Crippen molar-refractivity contribution in [3.8, 4) is 0 Å². The summed E-state index contributed by atoms with van der Waals surface area (Å²) < 4.78 is 5.64. The van der Waals surface area contributed by atoms with Gasteiger partial charge in [0, 0.05) is 32.1 Å². The van der Waals surface area contributed by atoms with Crippen LogP contribution in [0.25, 0.3) is 0 Å². The minimum absolute atomic E-state index is 0.114. The lowest BCUT2D eigenvalue weighted by Gasteiger charge is -2.33. The van der Waals surface area contributed by atoms with Gasteiger partial charge in [-0.2, -0.15) is 0 Å². The van der Waals surface area contributed by atoms with Crippen molar-refractivity contribution >= 4 is 5.91 Å². The number of nitrogens with one attached hydrogen (secondary N) is 1. The maximum Gasteiger partial charge on any atom is 0.228 e. The SMILES string of the molecule is CN(CC1CNCCO1)C(=O)C1(C)CCCC1. The number of rotatable bonds is 3. The van der Waals surface area contributed by atoms with E-state index >= 15 is 0 Å². The molecule has 0 aromatic carbocycles. The first kappa shape index (κ1) is 12.8. The van der Waals surface area contributed by atoms with Gasteiger partial charge in [-0.1, -0.05) is 19.8 Å². The molecule has 4 nitrogen and oxygen atoms in total. The van der Waals surface area contributed by atoms with Crippen LogP contribution in [0.2, 0.25) is 0 Å². The fourth-order valence-electron chi connectivity index (χ4n) is 2.96. The summed E-state index contributed by atoms with van der Waals surface area (Å²) in [4.78, 5) is 14.3. The molecule has 98 valence electrons. The zero-order valence-electron chi connectivity index (χ0n) is 11.0. The summed E-state index contributed by atoms with van der Waals surface area (Å²) in [6.45, 7) is 5.35. The highest BCUT2D eigenvalue weighted by atomic mass is 16.5. The van der Waals surface area contributed by atoms with Gasteiger partial charge in [0.15, 0.2) is 0 Å².